The number of aryl methyl sites for hydroxylation is 1. The molecule has 1 fully saturated rings. The molecule has 2 aliphatic heterocycles. The number of fused-ring (bicyclic) bond motifs is 1. The minimum atomic E-state index is -3.79. The summed E-state index contributed by atoms with van der Waals surface area (Å²) in [5.74, 6) is -0.417. The van der Waals surface area contributed by atoms with Crippen molar-refractivity contribution in [3.05, 3.63) is 17.7 Å². The number of carbonyl (C=O) groups is 2. The zero-order valence-electron chi connectivity index (χ0n) is 17.4. The van der Waals surface area contributed by atoms with E-state index in [0.717, 1.165) is 6.42 Å². The molecule has 1 aromatic carbocycles. The van der Waals surface area contributed by atoms with Crippen molar-refractivity contribution in [1.29, 1.82) is 0 Å². The molecule has 9 heteroatoms. The van der Waals surface area contributed by atoms with Crippen LogP contribution in [0.15, 0.2) is 17.0 Å². The van der Waals surface area contributed by atoms with Crippen LogP contribution in [-0.4, -0.2) is 49.8 Å². The van der Waals surface area contributed by atoms with E-state index in [4.69, 9.17) is 4.74 Å². The maximum atomic E-state index is 13.3. The first kappa shape index (κ1) is 21.6. The van der Waals surface area contributed by atoms with Crippen LogP contribution in [0.4, 0.5) is 5.69 Å². The van der Waals surface area contributed by atoms with Gasteiger partial charge in [-0.25, -0.2) is 8.42 Å². The van der Waals surface area contributed by atoms with Gasteiger partial charge in [-0.3, -0.25) is 9.59 Å². The largest absolute Gasteiger partial charge is 0.482 e. The number of benzene rings is 1. The van der Waals surface area contributed by atoms with Crippen molar-refractivity contribution in [2.75, 3.05) is 25.0 Å². The number of nitrogens with zero attached hydrogens (tertiary/aromatic N) is 1. The molecule has 3 rings (SSSR count). The van der Waals surface area contributed by atoms with Crippen LogP contribution in [0, 0.1) is 12.8 Å². The fraction of sp³-hybridized carbons (Fsp3) is 0.600. The summed E-state index contributed by atoms with van der Waals surface area (Å²) >= 11 is 0. The first-order valence-corrected chi connectivity index (χ1v) is 11.4. The topological polar surface area (TPSA) is 105 Å². The van der Waals surface area contributed by atoms with E-state index < -0.39 is 10.0 Å². The highest BCUT2D eigenvalue weighted by Gasteiger charge is 2.36. The van der Waals surface area contributed by atoms with E-state index in [1.54, 1.807) is 13.0 Å². The van der Waals surface area contributed by atoms with Crippen molar-refractivity contribution in [2.45, 2.75) is 57.4 Å². The molecule has 2 N–H and O–H groups in total. The number of hydrogen-bond donors (Lipinski definition) is 2. The van der Waals surface area contributed by atoms with Crippen molar-refractivity contribution >= 4 is 27.5 Å². The Labute approximate surface area is 172 Å². The number of rotatable bonds is 5. The van der Waals surface area contributed by atoms with E-state index >= 15 is 0 Å². The second-order valence-electron chi connectivity index (χ2n) is 8.38. The molecule has 0 bridgehead atoms. The number of anilines is 1. The zero-order chi connectivity index (χ0) is 21.4. The highest BCUT2D eigenvalue weighted by Crippen LogP contribution is 2.35. The van der Waals surface area contributed by atoms with Gasteiger partial charge in [0, 0.05) is 24.7 Å². The summed E-state index contributed by atoms with van der Waals surface area (Å²) in [7, 11) is -3.79. The highest BCUT2D eigenvalue weighted by atomic mass is 32.2. The Bertz CT molecular complexity index is 926. The van der Waals surface area contributed by atoms with Gasteiger partial charge in [-0.05, 0) is 51.7 Å². The number of carbonyl (C=O) groups excluding carboxylic acids is 2. The molecule has 8 nitrogen and oxygen atoms in total. The SMILES string of the molecule is CCC(C)(C)NC(=O)[C@H]1CCCN(S(=O)(=O)c2cc3c(cc2C)NC(=O)CO3)C1. The normalized spacial score (nSPS) is 20.4. The molecule has 0 saturated carbocycles. The lowest BCUT2D eigenvalue weighted by atomic mass is 9.95. The third kappa shape index (κ3) is 4.56. The van der Waals surface area contributed by atoms with Crippen LogP contribution in [0.25, 0.3) is 0 Å². The average Bonchev–Trinajstić information content (AvgIpc) is 2.67. The summed E-state index contributed by atoms with van der Waals surface area (Å²) in [4.78, 5) is 24.3. The second-order valence-corrected chi connectivity index (χ2v) is 10.3. The Kier molecular flexibility index (Phi) is 5.91. The van der Waals surface area contributed by atoms with Crippen molar-refractivity contribution in [1.82, 2.24) is 9.62 Å². The Morgan fingerprint density at radius 2 is 2.10 bits per heavy atom. The Hall–Kier alpha value is -2.13. The van der Waals surface area contributed by atoms with Crippen molar-refractivity contribution in [3.8, 4) is 5.75 Å². The summed E-state index contributed by atoms with van der Waals surface area (Å²) in [5.41, 5.74) is 0.665. The molecule has 2 heterocycles. The van der Waals surface area contributed by atoms with E-state index in [1.807, 2.05) is 20.8 Å². The number of piperidine rings is 1. The lowest BCUT2D eigenvalue weighted by Gasteiger charge is -2.34. The summed E-state index contributed by atoms with van der Waals surface area (Å²) < 4.78 is 33.4. The number of sulfonamides is 1. The predicted octanol–water partition coefficient (Wildman–Crippen LogP) is 2.03. The Morgan fingerprint density at radius 1 is 1.38 bits per heavy atom. The van der Waals surface area contributed by atoms with Crippen LogP contribution in [0.5, 0.6) is 5.75 Å². The summed E-state index contributed by atoms with van der Waals surface area (Å²) in [5, 5.41) is 5.71. The molecule has 29 heavy (non-hydrogen) atoms. The summed E-state index contributed by atoms with van der Waals surface area (Å²) in [6, 6.07) is 3.07. The third-order valence-corrected chi connectivity index (χ3v) is 7.64. The van der Waals surface area contributed by atoms with Gasteiger partial charge < -0.3 is 15.4 Å². The van der Waals surface area contributed by atoms with E-state index in [2.05, 4.69) is 10.6 Å². The monoisotopic (exact) mass is 423 g/mol. The number of hydrogen-bond acceptors (Lipinski definition) is 5. The molecule has 160 valence electrons. The van der Waals surface area contributed by atoms with Crippen molar-refractivity contribution < 1.29 is 22.7 Å². The molecule has 2 aliphatic rings. The number of ether oxygens (including phenoxy) is 1. The van der Waals surface area contributed by atoms with Crippen LogP contribution in [0.2, 0.25) is 0 Å². The molecule has 1 saturated heterocycles. The molecule has 0 aromatic heterocycles. The van der Waals surface area contributed by atoms with E-state index in [0.29, 0.717) is 36.4 Å². The molecular weight excluding hydrogens is 394 g/mol. The predicted molar refractivity (Wildman–Crippen MR) is 109 cm³/mol. The maximum Gasteiger partial charge on any atom is 0.262 e. The van der Waals surface area contributed by atoms with Gasteiger partial charge in [0.25, 0.3) is 5.91 Å². The standard InChI is InChI=1S/C20H29N3O5S/c1-5-20(3,4)22-19(25)14-7-6-8-23(11-14)29(26,27)17-10-16-15(9-13(17)2)21-18(24)12-28-16/h9-10,14H,5-8,11-12H2,1-4H3,(H,21,24)(H,22,25)/t14-/m0/s1. The lowest BCUT2D eigenvalue weighted by molar-refractivity contribution is -0.127. The molecule has 1 atom stereocenters. The minimum Gasteiger partial charge on any atom is -0.482 e. The Balaban J connectivity index is 1.82. The second kappa shape index (κ2) is 7.95. The van der Waals surface area contributed by atoms with Gasteiger partial charge >= 0.3 is 0 Å². The summed E-state index contributed by atoms with van der Waals surface area (Å²) in [6.07, 6.45) is 2.08. The van der Waals surface area contributed by atoms with Crippen LogP contribution >= 0.6 is 0 Å². The summed E-state index contributed by atoms with van der Waals surface area (Å²) in [6.45, 7) is 7.98. The van der Waals surface area contributed by atoms with Crippen molar-refractivity contribution in [2.24, 2.45) is 5.92 Å². The zero-order valence-corrected chi connectivity index (χ0v) is 18.2. The molecule has 0 radical (unpaired) electrons. The van der Waals surface area contributed by atoms with Gasteiger partial charge in [0.1, 0.15) is 5.75 Å². The third-order valence-electron chi connectivity index (χ3n) is 5.63. The molecular formula is C20H29N3O5S. The van der Waals surface area contributed by atoms with Gasteiger partial charge in [0.2, 0.25) is 15.9 Å². The lowest BCUT2D eigenvalue weighted by Crippen LogP contribution is -2.50. The first-order chi connectivity index (χ1) is 13.5. The maximum absolute atomic E-state index is 13.3. The minimum absolute atomic E-state index is 0.107. The smallest absolute Gasteiger partial charge is 0.262 e. The first-order valence-electron chi connectivity index (χ1n) is 9.93. The molecule has 0 unspecified atom stereocenters. The van der Waals surface area contributed by atoms with Crippen LogP contribution in [0.3, 0.4) is 0 Å². The molecule has 1 aromatic rings. The van der Waals surface area contributed by atoms with Crippen LogP contribution < -0.4 is 15.4 Å². The van der Waals surface area contributed by atoms with Crippen LogP contribution in [-0.2, 0) is 19.6 Å². The fourth-order valence-electron chi connectivity index (χ4n) is 3.53. The Morgan fingerprint density at radius 3 is 2.79 bits per heavy atom. The van der Waals surface area contributed by atoms with Gasteiger partial charge in [-0.1, -0.05) is 6.92 Å². The molecule has 0 aliphatic carbocycles. The van der Waals surface area contributed by atoms with Gasteiger partial charge in [0.05, 0.1) is 16.5 Å². The van der Waals surface area contributed by atoms with Gasteiger partial charge in [-0.2, -0.15) is 4.31 Å². The van der Waals surface area contributed by atoms with E-state index in [-0.39, 0.29) is 41.3 Å². The molecule has 2 amide bonds. The molecule has 0 spiro atoms. The highest BCUT2D eigenvalue weighted by molar-refractivity contribution is 7.89. The van der Waals surface area contributed by atoms with Crippen LogP contribution in [0.1, 0.15) is 45.6 Å². The fourth-order valence-corrected chi connectivity index (χ4v) is 5.28. The van der Waals surface area contributed by atoms with E-state index in [1.165, 1.54) is 10.4 Å². The number of amides is 2. The quantitative estimate of drug-likeness (QED) is 0.754. The average molecular weight is 424 g/mol. The van der Waals surface area contributed by atoms with Gasteiger partial charge in [0.15, 0.2) is 6.61 Å². The van der Waals surface area contributed by atoms with E-state index in [9.17, 15) is 18.0 Å². The van der Waals surface area contributed by atoms with Crippen molar-refractivity contribution in [3.63, 3.8) is 0 Å². The van der Waals surface area contributed by atoms with Gasteiger partial charge in [-0.15, -0.1) is 0 Å². The number of nitrogens with one attached hydrogen (secondary N) is 2.